The molecule has 1 aromatic rings. The fourth-order valence-electron chi connectivity index (χ4n) is 3.37. The van der Waals surface area contributed by atoms with E-state index in [1.165, 1.54) is 14.2 Å². The van der Waals surface area contributed by atoms with Gasteiger partial charge in [0.05, 0.1) is 24.9 Å². The molecule has 1 saturated heterocycles. The number of hydrogen-bond acceptors (Lipinski definition) is 8. The molecule has 1 aliphatic heterocycles. The summed E-state index contributed by atoms with van der Waals surface area (Å²) in [5.41, 5.74) is 0.0358. The van der Waals surface area contributed by atoms with Gasteiger partial charge in [0.25, 0.3) is 0 Å². The first-order valence-electron chi connectivity index (χ1n) is 11.0. The Kier molecular flexibility index (Phi) is 10.3. The highest BCUT2D eigenvalue weighted by Crippen LogP contribution is 2.36. The van der Waals surface area contributed by atoms with Crippen LogP contribution in [-0.2, 0) is 23.8 Å². The average molecular weight is 564 g/mol. The van der Waals surface area contributed by atoms with Crippen molar-refractivity contribution in [2.45, 2.75) is 51.7 Å². The van der Waals surface area contributed by atoms with E-state index in [4.69, 9.17) is 25.8 Å². The molecule has 0 saturated carbocycles. The number of nitrogens with one attached hydrogen (secondary N) is 1. The molecule has 1 heterocycles. The van der Waals surface area contributed by atoms with E-state index in [-0.39, 0.29) is 24.9 Å². The van der Waals surface area contributed by atoms with E-state index in [0.29, 0.717) is 40.6 Å². The second-order valence-corrected chi connectivity index (χ2v) is 10.2. The summed E-state index contributed by atoms with van der Waals surface area (Å²) >= 11 is 9.67. The van der Waals surface area contributed by atoms with Crippen LogP contribution in [0.15, 0.2) is 16.6 Å². The summed E-state index contributed by atoms with van der Waals surface area (Å²) in [5.74, 6) is -0.495. The van der Waals surface area contributed by atoms with Gasteiger partial charge in [-0.05, 0) is 61.2 Å². The predicted molar refractivity (Wildman–Crippen MR) is 131 cm³/mol. The first-order valence-corrected chi connectivity index (χ1v) is 12.1. The number of anilines is 1. The van der Waals surface area contributed by atoms with E-state index in [2.05, 4.69) is 26.0 Å². The van der Waals surface area contributed by atoms with Crippen LogP contribution in [0, 0.1) is 5.92 Å². The van der Waals surface area contributed by atoms with Gasteiger partial charge in [0.1, 0.15) is 11.4 Å². The Morgan fingerprint density at radius 3 is 2.56 bits per heavy atom. The van der Waals surface area contributed by atoms with E-state index >= 15 is 0 Å². The van der Waals surface area contributed by atoms with Crippen LogP contribution < -0.4 is 10.1 Å². The molecule has 190 valence electrons. The van der Waals surface area contributed by atoms with Crippen LogP contribution in [0.5, 0.6) is 5.75 Å². The van der Waals surface area contributed by atoms with Crippen molar-refractivity contribution in [2.24, 2.45) is 5.92 Å². The number of halogens is 2. The number of amides is 1. The first kappa shape index (κ1) is 28.0. The van der Waals surface area contributed by atoms with Gasteiger partial charge in [0.15, 0.2) is 6.10 Å². The van der Waals surface area contributed by atoms with Crippen molar-refractivity contribution in [3.8, 4) is 5.75 Å². The van der Waals surface area contributed by atoms with Gasteiger partial charge in [-0.3, -0.25) is 4.79 Å². The molecule has 1 fully saturated rings. The maximum Gasteiger partial charge on any atom is 0.410 e. The van der Waals surface area contributed by atoms with Crippen molar-refractivity contribution >= 4 is 51.3 Å². The molecule has 0 bridgehead atoms. The summed E-state index contributed by atoms with van der Waals surface area (Å²) in [6.07, 6.45) is -0.427. The third kappa shape index (κ3) is 8.54. The lowest BCUT2D eigenvalue weighted by Gasteiger charge is -2.24. The molecule has 0 aliphatic carbocycles. The van der Waals surface area contributed by atoms with Crippen LogP contribution in [0.2, 0.25) is 5.02 Å². The highest BCUT2D eigenvalue weighted by molar-refractivity contribution is 9.10. The summed E-state index contributed by atoms with van der Waals surface area (Å²) < 4.78 is 21.5. The van der Waals surface area contributed by atoms with Crippen molar-refractivity contribution in [3.63, 3.8) is 0 Å². The van der Waals surface area contributed by atoms with Crippen LogP contribution in [0.25, 0.3) is 0 Å². The Morgan fingerprint density at radius 1 is 1.24 bits per heavy atom. The van der Waals surface area contributed by atoms with E-state index in [9.17, 15) is 14.4 Å². The van der Waals surface area contributed by atoms with Gasteiger partial charge in [-0.25, -0.2) is 9.59 Å². The summed E-state index contributed by atoms with van der Waals surface area (Å²) in [6.45, 7) is 7.25. The number of nitrogens with zero attached hydrogens (tertiary/aromatic N) is 1. The third-order valence-corrected chi connectivity index (χ3v) is 6.31. The largest absolute Gasteiger partial charge is 0.477 e. The van der Waals surface area contributed by atoms with Crippen LogP contribution in [0.4, 0.5) is 10.5 Å². The highest BCUT2D eigenvalue weighted by atomic mass is 79.9. The zero-order chi connectivity index (χ0) is 25.5. The fourth-order valence-corrected chi connectivity index (χ4v) is 3.86. The van der Waals surface area contributed by atoms with Gasteiger partial charge in [-0.15, -0.1) is 0 Å². The second-order valence-electron chi connectivity index (χ2n) is 8.97. The van der Waals surface area contributed by atoms with Crippen LogP contribution >= 0.6 is 27.5 Å². The average Bonchev–Trinajstić information content (AvgIpc) is 3.25. The summed E-state index contributed by atoms with van der Waals surface area (Å²) in [4.78, 5) is 37.8. The fraction of sp³-hybridized carbons (Fsp3) is 0.609. The maximum absolute atomic E-state index is 12.3. The summed E-state index contributed by atoms with van der Waals surface area (Å²) in [5, 5.41) is 3.78. The second kappa shape index (κ2) is 12.5. The molecule has 0 radical (unpaired) electrons. The molecule has 0 spiro atoms. The number of hydrogen-bond donors (Lipinski definition) is 1. The molecule has 1 aliphatic rings. The number of methoxy groups -OCH3 is 2. The van der Waals surface area contributed by atoms with E-state index in [0.717, 1.165) is 6.42 Å². The van der Waals surface area contributed by atoms with Crippen molar-refractivity contribution in [2.75, 3.05) is 39.2 Å². The van der Waals surface area contributed by atoms with E-state index in [1.807, 2.05) is 20.8 Å². The minimum atomic E-state index is -1.01. The molecule has 11 heteroatoms. The smallest absolute Gasteiger partial charge is 0.410 e. The van der Waals surface area contributed by atoms with Gasteiger partial charge in [0.2, 0.25) is 0 Å². The third-order valence-electron chi connectivity index (χ3n) is 5.11. The maximum atomic E-state index is 12.3. The molecule has 2 unspecified atom stereocenters. The zero-order valence-corrected chi connectivity index (χ0v) is 22.5. The molecule has 2 rings (SSSR count). The molecule has 34 heavy (non-hydrogen) atoms. The summed E-state index contributed by atoms with van der Waals surface area (Å²) in [6, 6.07) is 3.34. The van der Waals surface area contributed by atoms with Crippen molar-refractivity contribution in [1.82, 2.24) is 4.90 Å². The highest BCUT2D eigenvalue weighted by Gasteiger charge is 2.30. The lowest BCUT2D eigenvalue weighted by atomic mass is 10.1. The number of likely N-dealkylation sites (tertiary alicyclic amines) is 1. The Bertz CT molecular complexity index is 891. The first-order chi connectivity index (χ1) is 15.9. The number of ether oxygens (including phenoxy) is 4. The molecule has 0 aromatic heterocycles. The van der Waals surface area contributed by atoms with Crippen LogP contribution in [-0.4, -0.2) is 68.5 Å². The summed E-state index contributed by atoms with van der Waals surface area (Å²) in [7, 11) is 2.53. The molecular weight excluding hydrogens is 532 g/mol. The monoisotopic (exact) mass is 562 g/mol. The van der Waals surface area contributed by atoms with Gasteiger partial charge in [0, 0.05) is 36.9 Å². The molecule has 1 N–H and O–H groups in total. The predicted octanol–water partition coefficient (Wildman–Crippen LogP) is 4.65. The molecule has 1 amide bonds. The lowest BCUT2D eigenvalue weighted by molar-refractivity contribution is -0.150. The number of esters is 2. The zero-order valence-electron chi connectivity index (χ0n) is 20.1. The topological polar surface area (TPSA) is 103 Å². The van der Waals surface area contributed by atoms with Crippen molar-refractivity contribution < 1.29 is 33.3 Å². The standard InChI is InChI=1S/C23H32BrClN2O7/c1-23(2,3)34-22(30)27-9-8-14(13-27)12-26-17-11-16(25)15(24)10-19(17)33-18(21(29)32-5)6-7-20(28)31-4/h10-11,14,18,26H,6-9,12-13H2,1-5H3. The molecule has 2 atom stereocenters. The van der Waals surface area contributed by atoms with Crippen LogP contribution in [0.3, 0.4) is 0 Å². The number of rotatable bonds is 9. The van der Waals surface area contributed by atoms with E-state index < -0.39 is 23.6 Å². The van der Waals surface area contributed by atoms with Gasteiger partial charge in [-0.2, -0.15) is 0 Å². The molecule has 1 aromatic carbocycles. The Hall–Kier alpha value is -2.20. The minimum absolute atomic E-state index is 0.00361. The van der Waals surface area contributed by atoms with Crippen molar-refractivity contribution in [1.29, 1.82) is 0 Å². The van der Waals surface area contributed by atoms with Gasteiger partial charge >= 0.3 is 18.0 Å². The quantitative estimate of drug-likeness (QED) is 0.342. The van der Waals surface area contributed by atoms with Gasteiger partial charge in [-0.1, -0.05) is 11.6 Å². The number of carbonyl (C=O) groups excluding carboxylic acids is 3. The van der Waals surface area contributed by atoms with Crippen molar-refractivity contribution in [3.05, 3.63) is 21.6 Å². The lowest BCUT2D eigenvalue weighted by Crippen LogP contribution is -2.35. The SMILES string of the molecule is COC(=O)CCC(Oc1cc(Br)c(Cl)cc1NCC1CCN(C(=O)OC(C)(C)C)C1)C(=O)OC. The number of carbonyl (C=O) groups is 3. The number of benzene rings is 1. The minimum Gasteiger partial charge on any atom is -0.477 e. The Balaban J connectivity index is 2.08. The normalized spacial score (nSPS) is 16.6. The van der Waals surface area contributed by atoms with Gasteiger partial charge < -0.3 is 29.2 Å². The van der Waals surface area contributed by atoms with Crippen LogP contribution in [0.1, 0.15) is 40.0 Å². The Morgan fingerprint density at radius 2 is 1.94 bits per heavy atom. The van der Waals surface area contributed by atoms with E-state index in [1.54, 1.807) is 17.0 Å². The Labute approximate surface area is 213 Å². The molecule has 9 nitrogen and oxygen atoms in total. The molecular formula is C23H32BrClN2O7.